The lowest BCUT2D eigenvalue weighted by Gasteiger charge is -2.24. The third-order valence-corrected chi connectivity index (χ3v) is 5.08. The maximum Gasteiger partial charge on any atom is 0.278 e. The molecule has 0 saturated carbocycles. The summed E-state index contributed by atoms with van der Waals surface area (Å²) in [5.74, 6) is -0.432. The van der Waals surface area contributed by atoms with Crippen molar-refractivity contribution in [3.05, 3.63) is 110 Å². The van der Waals surface area contributed by atoms with Crippen molar-refractivity contribution in [2.45, 2.75) is 25.7 Å². The van der Waals surface area contributed by atoms with Gasteiger partial charge in [-0.1, -0.05) is 54.6 Å². The van der Waals surface area contributed by atoms with E-state index in [-0.39, 0.29) is 5.69 Å². The summed E-state index contributed by atoms with van der Waals surface area (Å²) < 4.78 is 0. The van der Waals surface area contributed by atoms with Gasteiger partial charge in [0.05, 0.1) is 27.0 Å². The van der Waals surface area contributed by atoms with Crippen molar-refractivity contribution in [2.24, 2.45) is 0 Å². The molecule has 0 saturated heterocycles. The smallest absolute Gasteiger partial charge is 0.278 e. The molecule has 0 heterocycles. The zero-order valence-electron chi connectivity index (χ0n) is 17.1. The largest absolute Gasteiger partial charge is 0.325 e. The number of carbonyl (C=O) groups excluding carboxylic acids is 1. The van der Waals surface area contributed by atoms with E-state index in [2.05, 4.69) is 5.32 Å². The summed E-state index contributed by atoms with van der Waals surface area (Å²) in [4.78, 5) is 33.6. The number of nitrogens with one attached hydrogen (secondary N) is 1. The lowest BCUT2D eigenvalue weighted by atomic mass is 9.83. The van der Waals surface area contributed by atoms with Crippen molar-refractivity contribution < 1.29 is 14.6 Å². The number of hydrogen-bond acceptors (Lipinski definition) is 5. The summed E-state index contributed by atoms with van der Waals surface area (Å²) in [5.41, 5.74) is 1.13. The van der Waals surface area contributed by atoms with Crippen LogP contribution in [0.25, 0.3) is 0 Å². The van der Waals surface area contributed by atoms with Gasteiger partial charge >= 0.3 is 0 Å². The topological polar surface area (TPSA) is 115 Å². The van der Waals surface area contributed by atoms with Crippen LogP contribution in [0.5, 0.6) is 0 Å². The average molecular weight is 419 g/mol. The number of anilines is 1. The fourth-order valence-electron chi connectivity index (χ4n) is 3.17. The molecule has 0 aliphatic heterocycles. The number of benzene rings is 3. The van der Waals surface area contributed by atoms with Crippen LogP contribution in [0, 0.1) is 20.2 Å². The van der Waals surface area contributed by atoms with E-state index in [1.807, 2.05) is 54.6 Å². The highest BCUT2D eigenvalue weighted by Gasteiger charge is 2.30. The van der Waals surface area contributed by atoms with Crippen LogP contribution in [-0.2, 0) is 16.6 Å². The van der Waals surface area contributed by atoms with Crippen LogP contribution in [0.1, 0.15) is 30.5 Å². The molecule has 1 N–H and O–H groups in total. The van der Waals surface area contributed by atoms with E-state index in [1.54, 1.807) is 13.8 Å². The molecule has 0 spiro atoms. The summed E-state index contributed by atoms with van der Waals surface area (Å²) in [6.45, 7) is 3.45. The lowest BCUT2D eigenvalue weighted by Crippen LogP contribution is -2.34. The highest BCUT2D eigenvalue weighted by molar-refractivity contribution is 5.99. The summed E-state index contributed by atoms with van der Waals surface area (Å²) in [6.07, 6.45) is 0.769. The molecule has 3 aromatic carbocycles. The van der Waals surface area contributed by atoms with Crippen molar-refractivity contribution >= 4 is 23.0 Å². The van der Waals surface area contributed by atoms with E-state index < -0.39 is 32.5 Å². The molecule has 0 aromatic heterocycles. The number of hydrogen-bond donors (Lipinski definition) is 1. The monoisotopic (exact) mass is 419 g/mol. The predicted molar refractivity (Wildman–Crippen MR) is 117 cm³/mol. The van der Waals surface area contributed by atoms with Gasteiger partial charge in [-0.05, 0) is 37.0 Å². The van der Waals surface area contributed by atoms with Crippen LogP contribution in [0.4, 0.5) is 17.1 Å². The van der Waals surface area contributed by atoms with E-state index >= 15 is 0 Å². The molecule has 0 radical (unpaired) electrons. The van der Waals surface area contributed by atoms with Gasteiger partial charge in [-0.3, -0.25) is 25.0 Å². The second kappa shape index (κ2) is 8.74. The van der Waals surface area contributed by atoms with Gasteiger partial charge in [0, 0.05) is 12.1 Å². The van der Waals surface area contributed by atoms with Crippen LogP contribution < -0.4 is 5.32 Å². The molecule has 8 nitrogen and oxygen atoms in total. The van der Waals surface area contributed by atoms with E-state index in [1.165, 1.54) is 5.56 Å². The maximum atomic E-state index is 12.9. The Kier molecular flexibility index (Phi) is 6.10. The second-order valence-electron chi connectivity index (χ2n) is 7.69. The van der Waals surface area contributed by atoms with Gasteiger partial charge in [0.1, 0.15) is 0 Å². The summed E-state index contributed by atoms with van der Waals surface area (Å²) in [7, 11) is 0. The zero-order chi connectivity index (χ0) is 22.6. The lowest BCUT2D eigenvalue weighted by molar-refractivity contribution is -0.394. The van der Waals surface area contributed by atoms with E-state index in [4.69, 9.17) is 0 Å². The minimum Gasteiger partial charge on any atom is -0.325 e. The molecule has 3 aromatic rings. The first kappa shape index (κ1) is 21.6. The summed E-state index contributed by atoms with van der Waals surface area (Å²) >= 11 is 0. The number of nitro benzene ring substituents is 2. The third-order valence-electron chi connectivity index (χ3n) is 5.08. The molecule has 3 rings (SSSR count). The SMILES string of the molecule is CC(C)(C(=O)Nc1cc([N+](=O)[O-])cc([N+](=O)[O-])c1)c1ccc(Cc2ccccc2)cc1. The van der Waals surface area contributed by atoms with Crippen LogP contribution in [0.3, 0.4) is 0 Å². The number of nitro groups is 2. The fraction of sp³-hybridized carbons (Fsp3) is 0.174. The number of rotatable bonds is 7. The van der Waals surface area contributed by atoms with Gasteiger partial charge in [0.25, 0.3) is 11.4 Å². The van der Waals surface area contributed by atoms with Crippen LogP contribution >= 0.6 is 0 Å². The molecule has 0 fully saturated rings. The number of amides is 1. The Bertz CT molecular complexity index is 1090. The minimum atomic E-state index is -0.968. The van der Waals surface area contributed by atoms with Crippen LogP contribution in [0.2, 0.25) is 0 Å². The Balaban J connectivity index is 1.79. The average Bonchev–Trinajstić information content (AvgIpc) is 2.74. The van der Waals surface area contributed by atoms with Crippen molar-refractivity contribution in [1.29, 1.82) is 0 Å². The number of non-ortho nitro benzene ring substituents is 2. The molecule has 0 unspecified atom stereocenters. The van der Waals surface area contributed by atoms with Crippen LogP contribution in [0.15, 0.2) is 72.8 Å². The van der Waals surface area contributed by atoms with Crippen molar-refractivity contribution in [3.63, 3.8) is 0 Å². The van der Waals surface area contributed by atoms with Crippen molar-refractivity contribution in [3.8, 4) is 0 Å². The molecular weight excluding hydrogens is 398 g/mol. The first-order chi connectivity index (χ1) is 14.7. The summed E-state index contributed by atoms with van der Waals surface area (Å²) in [5, 5.41) is 24.7. The summed E-state index contributed by atoms with van der Waals surface area (Å²) in [6, 6.07) is 20.7. The normalized spacial score (nSPS) is 11.0. The van der Waals surface area contributed by atoms with Crippen LogP contribution in [-0.4, -0.2) is 15.8 Å². The molecule has 0 atom stereocenters. The van der Waals surface area contributed by atoms with Gasteiger partial charge in [-0.25, -0.2) is 0 Å². The maximum absolute atomic E-state index is 12.9. The highest BCUT2D eigenvalue weighted by Crippen LogP contribution is 2.29. The second-order valence-corrected chi connectivity index (χ2v) is 7.69. The molecule has 1 amide bonds. The molecule has 0 aliphatic rings. The van der Waals surface area contributed by atoms with E-state index in [0.717, 1.165) is 35.7 Å². The molecule has 0 bridgehead atoms. The Hall–Kier alpha value is -4.07. The molecule has 158 valence electrons. The third kappa shape index (κ3) is 5.11. The predicted octanol–water partition coefficient (Wildman–Crippen LogP) is 5.01. The van der Waals surface area contributed by atoms with Gasteiger partial charge in [0.2, 0.25) is 5.91 Å². The Morgan fingerprint density at radius 1 is 0.839 bits per heavy atom. The van der Waals surface area contributed by atoms with Crippen molar-refractivity contribution in [1.82, 2.24) is 0 Å². The first-order valence-corrected chi connectivity index (χ1v) is 9.55. The van der Waals surface area contributed by atoms with E-state index in [9.17, 15) is 25.0 Å². The first-order valence-electron chi connectivity index (χ1n) is 9.55. The fourth-order valence-corrected chi connectivity index (χ4v) is 3.17. The zero-order valence-corrected chi connectivity index (χ0v) is 17.1. The molecule has 0 aliphatic carbocycles. The molecular formula is C23H21N3O5. The Morgan fingerprint density at radius 3 is 1.87 bits per heavy atom. The van der Waals surface area contributed by atoms with Gasteiger partial charge < -0.3 is 5.32 Å². The van der Waals surface area contributed by atoms with Gasteiger partial charge in [-0.2, -0.15) is 0 Å². The van der Waals surface area contributed by atoms with Gasteiger partial charge in [-0.15, -0.1) is 0 Å². The van der Waals surface area contributed by atoms with Gasteiger partial charge in [0.15, 0.2) is 0 Å². The Morgan fingerprint density at radius 2 is 1.35 bits per heavy atom. The highest BCUT2D eigenvalue weighted by atomic mass is 16.6. The Labute approximate surface area is 178 Å². The molecule has 8 heteroatoms. The number of carbonyl (C=O) groups is 1. The standard InChI is InChI=1S/C23H21N3O5/c1-23(2,18-10-8-17(9-11-18)12-16-6-4-3-5-7-16)22(27)24-19-13-20(25(28)29)15-21(14-19)26(30)31/h3-11,13-15H,12H2,1-2H3,(H,24,27). The quantitative estimate of drug-likeness (QED) is 0.427. The minimum absolute atomic E-state index is 0.000303. The van der Waals surface area contributed by atoms with Crippen molar-refractivity contribution in [2.75, 3.05) is 5.32 Å². The number of nitrogens with zero attached hydrogens (tertiary/aromatic N) is 2. The van der Waals surface area contributed by atoms with E-state index in [0.29, 0.717) is 0 Å². The molecule has 31 heavy (non-hydrogen) atoms.